The molecule has 1 saturated heterocycles. The van der Waals surface area contributed by atoms with Gasteiger partial charge in [-0.05, 0) is 37.1 Å². The molecule has 0 spiro atoms. The first-order valence-electron chi connectivity index (χ1n) is 10.6. The number of methoxy groups -OCH3 is 2. The van der Waals surface area contributed by atoms with Gasteiger partial charge in [0.05, 0.1) is 26.2 Å². The maximum atomic E-state index is 12.3. The van der Waals surface area contributed by atoms with E-state index in [1.165, 1.54) is 16.9 Å². The number of rotatable bonds is 7. The molecule has 1 fully saturated rings. The molecule has 1 aromatic carbocycles. The van der Waals surface area contributed by atoms with E-state index in [1.54, 1.807) is 20.5 Å². The second kappa shape index (κ2) is 9.70. The SMILES string of the molecule is CCOC(=O)c1sc2ncnc(N3CCN(Cc4ccc(OC)c(OC)c4)CC3)c2c1C. The highest BCUT2D eigenvalue weighted by Gasteiger charge is 2.25. The molecule has 1 aliphatic heterocycles. The number of anilines is 1. The van der Waals surface area contributed by atoms with Gasteiger partial charge in [0.25, 0.3) is 0 Å². The number of carbonyl (C=O) groups is 1. The fraction of sp³-hybridized carbons (Fsp3) is 0.435. The highest BCUT2D eigenvalue weighted by atomic mass is 32.1. The van der Waals surface area contributed by atoms with Gasteiger partial charge >= 0.3 is 5.97 Å². The van der Waals surface area contributed by atoms with Crippen LogP contribution in [-0.4, -0.2) is 67.8 Å². The van der Waals surface area contributed by atoms with Crippen molar-refractivity contribution in [3.8, 4) is 11.5 Å². The third-order valence-electron chi connectivity index (χ3n) is 5.69. The number of fused-ring (bicyclic) bond motifs is 1. The molecular formula is C23H28N4O4S. The third-order valence-corrected chi connectivity index (χ3v) is 6.87. The molecule has 2 aromatic heterocycles. The van der Waals surface area contributed by atoms with Gasteiger partial charge in [0, 0.05) is 32.7 Å². The van der Waals surface area contributed by atoms with Crippen LogP contribution in [0.1, 0.15) is 27.7 Å². The van der Waals surface area contributed by atoms with Crippen molar-refractivity contribution in [3.63, 3.8) is 0 Å². The van der Waals surface area contributed by atoms with Crippen molar-refractivity contribution in [2.24, 2.45) is 0 Å². The lowest BCUT2D eigenvalue weighted by Gasteiger charge is -2.35. The highest BCUT2D eigenvalue weighted by molar-refractivity contribution is 7.20. The Kier molecular flexibility index (Phi) is 6.76. The van der Waals surface area contributed by atoms with Crippen LogP contribution in [0.2, 0.25) is 0 Å². The van der Waals surface area contributed by atoms with Gasteiger partial charge < -0.3 is 19.1 Å². The number of aryl methyl sites for hydroxylation is 1. The van der Waals surface area contributed by atoms with Crippen molar-refractivity contribution in [1.29, 1.82) is 0 Å². The van der Waals surface area contributed by atoms with Crippen LogP contribution in [0.15, 0.2) is 24.5 Å². The molecule has 0 N–H and O–H groups in total. The minimum Gasteiger partial charge on any atom is -0.493 e. The van der Waals surface area contributed by atoms with Gasteiger partial charge in [0.2, 0.25) is 0 Å². The number of carbonyl (C=O) groups excluding carboxylic acids is 1. The molecule has 4 rings (SSSR count). The zero-order valence-electron chi connectivity index (χ0n) is 18.9. The topological polar surface area (TPSA) is 77.0 Å². The Bertz CT molecular complexity index is 1110. The van der Waals surface area contributed by atoms with E-state index >= 15 is 0 Å². The maximum Gasteiger partial charge on any atom is 0.348 e. The Morgan fingerprint density at radius 3 is 2.53 bits per heavy atom. The number of aromatic nitrogens is 2. The second-order valence-corrected chi connectivity index (χ2v) is 8.61. The molecular weight excluding hydrogens is 428 g/mol. The van der Waals surface area contributed by atoms with Crippen LogP contribution < -0.4 is 14.4 Å². The standard InChI is InChI=1S/C23H28N4O4S/c1-5-31-23(28)20-15(2)19-21(24-14-25-22(19)32-20)27-10-8-26(9-11-27)13-16-6-7-17(29-3)18(12-16)30-4/h6-7,12,14H,5,8-11,13H2,1-4H3. The summed E-state index contributed by atoms with van der Waals surface area (Å²) >= 11 is 1.37. The molecule has 0 unspecified atom stereocenters. The van der Waals surface area contributed by atoms with E-state index in [4.69, 9.17) is 14.2 Å². The number of nitrogens with zero attached hydrogens (tertiary/aromatic N) is 4. The van der Waals surface area contributed by atoms with Crippen molar-refractivity contribution in [3.05, 3.63) is 40.5 Å². The Morgan fingerprint density at radius 2 is 1.84 bits per heavy atom. The normalized spacial score (nSPS) is 14.6. The third kappa shape index (κ3) is 4.35. The molecule has 0 atom stereocenters. The molecule has 8 nitrogen and oxygen atoms in total. The number of benzene rings is 1. The molecule has 170 valence electrons. The van der Waals surface area contributed by atoms with Gasteiger partial charge in [-0.2, -0.15) is 0 Å². The van der Waals surface area contributed by atoms with Crippen molar-refractivity contribution < 1.29 is 19.0 Å². The number of hydrogen-bond acceptors (Lipinski definition) is 9. The van der Waals surface area contributed by atoms with E-state index < -0.39 is 0 Å². The summed E-state index contributed by atoms with van der Waals surface area (Å²) < 4.78 is 16.0. The van der Waals surface area contributed by atoms with Gasteiger partial charge in [0.15, 0.2) is 11.5 Å². The summed E-state index contributed by atoms with van der Waals surface area (Å²) in [6, 6.07) is 6.06. The largest absolute Gasteiger partial charge is 0.493 e. The number of ether oxygens (including phenoxy) is 3. The van der Waals surface area contributed by atoms with E-state index in [1.807, 2.05) is 26.0 Å². The van der Waals surface area contributed by atoms with Gasteiger partial charge in [-0.3, -0.25) is 4.90 Å². The quantitative estimate of drug-likeness (QED) is 0.500. The molecule has 0 radical (unpaired) electrons. The van der Waals surface area contributed by atoms with Crippen LogP contribution in [-0.2, 0) is 11.3 Å². The average Bonchev–Trinajstić information content (AvgIpc) is 3.16. The van der Waals surface area contributed by atoms with Crippen LogP contribution in [0.5, 0.6) is 11.5 Å². The lowest BCUT2D eigenvalue weighted by atomic mass is 10.1. The van der Waals surface area contributed by atoms with Gasteiger partial charge in [-0.1, -0.05) is 6.07 Å². The number of esters is 1. The Hall–Kier alpha value is -2.91. The highest BCUT2D eigenvalue weighted by Crippen LogP contribution is 2.35. The van der Waals surface area contributed by atoms with E-state index in [2.05, 4.69) is 25.8 Å². The van der Waals surface area contributed by atoms with Crippen molar-refractivity contribution in [1.82, 2.24) is 14.9 Å². The predicted molar refractivity (Wildman–Crippen MR) is 125 cm³/mol. The zero-order chi connectivity index (χ0) is 22.7. The molecule has 3 aromatic rings. The first-order valence-corrected chi connectivity index (χ1v) is 11.5. The zero-order valence-corrected chi connectivity index (χ0v) is 19.7. The summed E-state index contributed by atoms with van der Waals surface area (Å²) in [7, 11) is 3.30. The summed E-state index contributed by atoms with van der Waals surface area (Å²) in [5.74, 6) is 2.09. The molecule has 0 aliphatic carbocycles. The van der Waals surface area contributed by atoms with E-state index in [-0.39, 0.29) is 5.97 Å². The van der Waals surface area contributed by atoms with Crippen molar-refractivity contribution in [2.75, 3.05) is 51.9 Å². The van der Waals surface area contributed by atoms with Gasteiger partial charge in [-0.15, -0.1) is 11.3 Å². The molecule has 0 bridgehead atoms. The fourth-order valence-electron chi connectivity index (χ4n) is 4.04. The minimum absolute atomic E-state index is 0.293. The number of hydrogen-bond donors (Lipinski definition) is 0. The first kappa shape index (κ1) is 22.3. The molecule has 32 heavy (non-hydrogen) atoms. The van der Waals surface area contributed by atoms with Crippen LogP contribution >= 0.6 is 11.3 Å². The lowest BCUT2D eigenvalue weighted by Crippen LogP contribution is -2.46. The molecule has 9 heteroatoms. The maximum absolute atomic E-state index is 12.3. The molecule has 1 aliphatic rings. The Labute approximate surface area is 191 Å². The first-order chi connectivity index (χ1) is 15.5. The van der Waals surface area contributed by atoms with Crippen molar-refractivity contribution in [2.45, 2.75) is 20.4 Å². The fourth-order valence-corrected chi connectivity index (χ4v) is 5.08. The number of thiophene rings is 1. The van der Waals surface area contributed by atoms with Crippen LogP contribution in [0.25, 0.3) is 10.2 Å². The average molecular weight is 457 g/mol. The van der Waals surface area contributed by atoms with Crippen LogP contribution in [0.3, 0.4) is 0 Å². The van der Waals surface area contributed by atoms with E-state index in [0.717, 1.165) is 65.8 Å². The summed E-state index contributed by atoms with van der Waals surface area (Å²) in [4.78, 5) is 27.4. The van der Waals surface area contributed by atoms with Gasteiger partial charge in [-0.25, -0.2) is 14.8 Å². The lowest BCUT2D eigenvalue weighted by molar-refractivity contribution is 0.0531. The predicted octanol–water partition coefficient (Wildman–Crippen LogP) is 3.52. The minimum atomic E-state index is -0.293. The monoisotopic (exact) mass is 456 g/mol. The van der Waals surface area contributed by atoms with E-state index in [9.17, 15) is 4.79 Å². The Morgan fingerprint density at radius 1 is 1.09 bits per heavy atom. The van der Waals surface area contributed by atoms with Gasteiger partial charge in [0.1, 0.15) is 21.9 Å². The van der Waals surface area contributed by atoms with Crippen LogP contribution in [0.4, 0.5) is 5.82 Å². The molecule has 0 amide bonds. The summed E-state index contributed by atoms with van der Waals surface area (Å²) in [6.45, 7) is 8.48. The summed E-state index contributed by atoms with van der Waals surface area (Å²) in [5, 5.41) is 0.953. The number of piperazine rings is 1. The second-order valence-electron chi connectivity index (χ2n) is 7.61. The Balaban J connectivity index is 1.48. The summed E-state index contributed by atoms with van der Waals surface area (Å²) in [5.41, 5.74) is 2.08. The van der Waals surface area contributed by atoms with E-state index in [0.29, 0.717) is 11.5 Å². The smallest absolute Gasteiger partial charge is 0.348 e. The summed E-state index contributed by atoms with van der Waals surface area (Å²) in [6.07, 6.45) is 1.58. The molecule has 3 heterocycles. The molecule has 0 saturated carbocycles. The van der Waals surface area contributed by atoms with Crippen molar-refractivity contribution >= 4 is 33.3 Å². The van der Waals surface area contributed by atoms with Crippen LogP contribution in [0, 0.1) is 6.92 Å².